The maximum absolute atomic E-state index is 10.5. The summed E-state index contributed by atoms with van der Waals surface area (Å²) in [5.41, 5.74) is 16.4. The first kappa shape index (κ1) is 18.1. The van der Waals surface area contributed by atoms with Crippen molar-refractivity contribution in [2.75, 3.05) is 18.8 Å². The SMILES string of the molecule is Cc1cc(CCNCC(=O)O)c(C)c(N)c1CSNC(=N)N. The highest BCUT2D eigenvalue weighted by Gasteiger charge is 2.11. The summed E-state index contributed by atoms with van der Waals surface area (Å²) < 4.78 is 2.69. The third kappa shape index (κ3) is 5.45. The third-order valence-corrected chi connectivity index (χ3v) is 4.12. The largest absolute Gasteiger partial charge is 0.480 e. The van der Waals surface area contributed by atoms with Gasteiger partial charge in [0, 0.05) is 11.4 Å². The van der Waals surface area contributed by atoms with E-state index in [1.165, 1.54) is 11.9 Å². The predicted molar refractivity (Wildman–Crippen MR) is 90.9 cm³/mol. The molecule has 122 valence electrons. The molecule has 0 radical (unpaired) electrons. The fraction of sp³-hybridized carbons (Fsp3) is 0.429. The number of hydrogen-bond acceptors (Lipinski definition) is 5. The number of nitrogens with two attached hydrogens (primary N) is 2. The summed E-state index contributed by atoms with van der Waals surface area (Å²) in [6.07, 6.45) is 0.725. The Balaban J connectivity index is 2.73. The van der Waals surface area contributed by atoms with E-state index in [9.17, 15) is 4.79 Å². The van der Waals surface area contributed by atoms with Crippen LogP contribution in [0.2, 0.25) is 0 Å². The van der Waals surface area contributed by atoms with Crippen molar-refractivity contribution < 1.29 is 9.90 Å². The summed E-state index contributed by atoms with van der Waals surface area (Å²) in [5.74, 6) is -0.327. The maximum Gasteiger partial charge on any atom is 0.317 e. The van der Waals surface area contributed by atoms with Crippen molar-refractivity contribution in [2.45, 2.75) is 26.0 Å². The smallest absolute Gasteiger partial charge is 0.317 e. The highest BCUT2D eigenvalue weighted by molar-refractivity contribution is 7.97. The number of carboxylic acid groups (broad SMARTS) is 1. The van der Waals surface area contributed by atoms with Gasteiger partial charge in [-0.15, -0.1) is 0 Å². The number of aliphatic carboxylic acids is 1. The van der Waals surface area contributed by atoms with Gasteiger partial charge in [-0.25, -0.2) is 0 Å². The van der Waals surface area contributed by atoms with Crippen LogP contribution in [0.3, 0.4) is 0 Å². The molecule has 0 atom stereocenters. The van der Waals surface area contributed by atoms with Gasteiger partial charge in [-0.05, 0) is 61.0 Å². The van der Waals surface area contributed by atoms with Crippen molar-refractivity contribution in [2.24, 2.45) is 5.73 Å². The lowest BCUT2D eigenvalue weighted by Crippen LogP contribution is -2.25. The number of anilines is 1. The topological polar surface area (TPSA) is 137 Å². The number of nitrogen functional groups attached to an aromatic ring is 1. The van der Waals surface area contributed by atoms with Gasteiger partial charge in [0.25, 0.3) is 0 Å². The summed E-state index contributed by atoms with van der Waals surface area (Å²) in [7, 11) is 0. The number of nitrogens with one attached hydrogen (secondary N) is 3. The molecule has 0 saturated carbocycles. The third-order valence-electron chi connectivity index (χ3n) is 3.32. The predicted octanol–water partition coefficient (Wildman–Crippen LogP) is 0.734. The van der Waals surface area contributed by atoms with Crippen LogP contribution >= 0.6 is 11.9 Å². The second kappa shape index (κ2) is 8.50. The van der Waals surface area contributed by atoms with Gasteiger partial charge < -0.3 is 26.6 Å². The molecule has 8 heteroatoms. The summed E-state index contributed by atoms with van der Waals surface area (Å²) in [4.78, 5) is 10.5. The lowest BCUT2D eigenvalue weighted by atomic mass is 9.96. The Morgan fingerprint density at radius 1 is 1.45 bits per heavy atom. The van der Waals surface area contributed by atoms with Crippen LogP contribution in [-0.4, -0.2) is 30.1 Å². The zero-order chi connectivity index (χ0) is 16.7. The van der Waals surface area contributed by atoms with Crippen molar-refractivity contribution in [3.05, 3.63) is 28.3 Å². The fourth-order valence-corrected chi connectivity index (χ4v) is 2.88. The molecule has 1 rings (SSSR count). The molecular formula is C14H23N5O2S. The van der Waals surface area contributed by atoms with Crippen LogP contribution in [0.1, 0.15) is 22.3 Å². The highest BCUT2D eigenvalue weighted by atomic mass is 32.2. The number of carbonyl (C=O) groups is 1. The summed E-state index contributed by atoms with van der Waals surface area (Å²) >= 11 is 1.32. The average Bonchev–Trinajstić information content (AvgIpc) is 2.43. The molecule has 8 N–H and O–H groups in total. The van der Waals surface area contributed by atoms with Gasteiger partial charge in [0.15, 0.2) is 5.96 Å². The maximum atomic E-state index is 10.5. The van der Waals surface area contributed by atoms with Crippen molar-refractivity contribution in [3.63, 3.8) is 0 Å². The number of hydrogen-bond donors (Lipinski definition) is 6. The second-order valence-electron chi connectivity index (χ2n) is 4.99. The Labute approximate surface area is 134 Å². The highest BCUT2D eigenvalue weighted by Crippen LogP contribution is 2.28. The average molecular weight is 325 g/mol. The number of carboxylic acids is 1. The lowest BCUT2D eigenvalue weighted by molar-refractivity contribution is -0.135. The number of benzene rings is 1. The van der Waals surface area contributed by atoms with Crippen LogP contribution in [0.15, 0.2) is 6.07 Å². The van der Waals surface area contributed by atoms with E-state index in [4.69, 9.17) is 22.0 Å². The van der Waals surface area contributed by atoms with Crippen molar-refractivity contribution in [1.29, 1.82) is 5.41 Å². The quantitative estimate of drug-likeness (QED) is 0.136. The number of guanidine groups is 1. The molecule has 0 fully saturated rings. The molecule has 0 bridgehead atoms. The zero-order valence-corrected chi connectivity index (χ0v) is 13.6. The molecule has 22 heavy (non-hydrogen) atoms. The minimum Gasteiger partial charge on any atom is -0.480 e. The molecule has 0 unspecified atom stereocenters. The summed E-state index contributed by atoms with van der Waals surface area (Å²) in [5, 5.41) is 18.6. The first-order chi connectivity index (χ1) is 10.3. The van der Waals surface area contributed by atoms with E-state index in [2.05, 4.69) is 16.1 Å². The van der Waals surface area contributed by atoms with Gasteiger partial charge in [0.1, 0.15) is 0 Å². The first-order valence-corrected chi connectivity index (χ1v) is 7.83. The van der Waals surface area contributed by atoms with Crippen molar-refractivity contribution in [1.82, 2.24) is 10.0 Å². The monoisotopic (exact) mass is 325 g/mol. The molecular weight excluding hydrogens is 302 g/mol. The normalized spacial score (nSPS) is 10.5. The zero-order valence-electron chi connectivity index (χ0n) is 12.8. The minimum atomic E-state index is -0.863. The molecule has 7 nitrogen and oxygen atoms in total. The van der Waals surface area contributed by atoms with Crippen LogP contribution in [0.5, 0.6) is 0 Å². The van der Waals surface area contributed by atoms with E-state index >= 15 is 0 Å². The van der Waals surface area contributed by atoms with Crippen molar-refractivity contribution >= 4 is 29.6 Å². The standard InChI is InChI=1S/C14H23N5O2S/c1-8-5-10(3-4-18-6-12(20)21)9(2)13(15)11(8)7-22-19-14(16)17/h5,18H,3-4,6-7,15H2,1-2H3,(H,20,21)(H4,16,17,19). The molecule has 0 spiro atoms. The van der Waals surface area contributed by atoms with Gasteiger partial charge in [0.2, 0.25) is 0 Å². The van der Waals surface area contributed by atoms with Crippen LogP contribution in [0.4, 0.5) is 5.69 Å². The van der Waals surface area contributed by atoms with E-state index in [0.717, 1.165) is 34.4 Å². The van der Waals surface area contributed by atoms with E-state index < -0.39 is 5.97 Å². The van der Waals surface area contributed by atoms with Crippen molar-refractivity contribution in [3.8, 4) is 0 Å². The minimum absolute atomic E-state index is 0.0427. The number of aryl methyl sites for hydroxylation is 1. The van der Waals surface area contributed by atoms with Gasteiger partial charge in [-0.1, -0.05) is 6.07 Å². The second-order valence-corrected chi connectivity index (χ2v) is 5.78. The Kier molecular flexibility index (Phi) is 7.00. The van der Waals surface area contributed by atoms with Crippen LogP contribution in [-0.2, 0) is 17.0 Å². The van der Waals surface area contributed by atoms with Gasteiger partial charge in [-0.3, -0.25) is 10.2 Å². The molecule has 0 aliphatic heterocycles. The Hall–Kier alpha value is -1.93. The van der Waals surface area contributed by atoms with Gasteiger partial charge >= 0.3 is 5.97 Å². The molecule has 0 amide bonds. The van der Waals surface area contributed by atoms with Gasteiger partial charge in [0.05, 0.1) is 6.54 Å². The van der Waals surface area contributed by atoms with E-state index in [0.29, 0.717) is 12.3 Å². The van der Waals surface area contributed by atoms with Crippen LogP contribution in [0.25, 0.3) is 0 Å². The first-order valence-electron chi connectivity index (χ1n) is 6.84. The molecule has 0 aromatic heterocycles. The van der Waals surface area contributed by atoms with E-state index in [1.807, 2.05) is 13.8 Å². The fourth-order valence-electron chi connectivity index (χ4n) is 2.12. The molecule has 0 saturated heterocycles. The van der Waals surface area contributed by atoms with Gasteiger partial charge in [-0.2, -0.15) is 0 Å². The molecule has 0 aliphatic carbocycles. The van der Waals surface area contributed by atoms with Crippen LogP contribution < -0.4 is 21.5 Å². The van der Waals surface area contributed by atoms with Crippen LogP contribution in [0, 0.1) is 19.3 Å². The molecule has 1 aromatic rings. The van der Waals surface area contributed by atoms with E-state index in [-0.39, 0.29) is 12.5 Å². The van der Waals surface area contributed by atoms with E-state index in [1.54, 1.807) is 0 Å². The Morgan fingerprint density at radius 2 is 2.14 bits per heavy atom. The Bertz CT molecular complexity index is 563. The summed E-state index contributed by atoms with van der Waals surface area (Å²) in [6.45, 7) is 4.51. The summed E-state index contributed by atoms with van der Waals surface area (Å²) in [6, 6.07) is 2.08. The molecule has 0 heterocycles. The Morgan fingerprint density at radius 3 is 2.73 bits per heavy atom. The molecule has 0 aliphatic rings. The lowest BCUT2D eigenvalue weighted by Gasteiger charge is -2.16. The number of rotatable bonds is 8. The molecule has 1 aromatic carbocycles.